The van der Waals surface area contributed by atoms with Gasteiger partial charge in [-0.1, -0.05) is 0 Å². The molecule has 1 saturated heterocycles. The van der Waals surface area contributed by atoms with Crippen LogP contribution in [0, 0.1) is 6.92 Å². The number of aromatic carboxylic acids is 1. The summed E-state index contributed by atoms with van der Waals surface area (Å²) in [5.41, 5.74) is 2.03. The van der Waals surface area contributed by atoms with Crippen LogP contribution < -0.4 is 4.90 Å². The Kier molecular flexibility index (Phi) is 4.07. The highest BCUT2D eigenvalue weighted by atomic mass is 16.5. The third-order valence-electron chi connectivity index (χ3n) is 3.34. The minimum atomic E-state index is -0.910. The lowest BCUT2D eigenvalue weighted by Crippen LogP contribution is -2.48. The first kappa shape index (κ1) is 13.8. The van der Waals surface area contributed by atoms with Crippen LogP contribution in [0.4, 0.5) is 5.69 Å². The molecule has 2 atom stereocenters. The van der Waals surface area contributed by atoms with E-state index in [9.17, 15) is 9.90 Å². The van der Waals surface area contributed by atoms with Crippen molar-refractivity contribution in [3.8, 4) is 0 Å². The number of aliphatic hydroxyl groups is 1. The Morgan fingerprint density at radius 2 is 2.21 bits per heavy atom. The molecule has 0 saturated carbocycles. The smallest absolute Gasteiger partial charge is 0.335 e. The largest absolute Gasteiger partial charge is 0.478 e. The Balaban J connectivity index is 2.21. The number of carboxylic acid groups (broad SMARTS) is 1. The predicted octanol–water partition coefficient (Wildman–Crippen LogP) is 1.28. The summed E-state index contributed by atoms with van der Waals surface area (Å²) in [4.78, 5) is 13.1. The molecule has 5 heteroatoms. The number of ether oxygens (including phenoxy) is 1. The van der Waals surface area contributed by atoms with Gasteiger partial charge in [-0.2, -0.15) is 0 Å². The molecule has 2 rings (SSSR count). The van der Waals surface area contributed by atoms with Crippen molar-refractivity contribution in [2.24, 2.45) is 0 Å². The van der Waals surface area contributed by atoms with Crippen molar-refractivity contribution in [2.75, 3.05) is 24.6 Å². The van der Waals surface area contributed by atoms with E-state index in [1.807, 2.05) is 19.1 Å². The number of nitrogens with zero attached hydrogens (tertiary/aromatic N) is 1. The molecule has 1 aliphatic heterocycles. The zero-order chi connectivity index (χ0) is 14.0. The molecule has 0 spiro atoms. The van der Waals surface area contributed by atoms with E-state index in [4.69, 9.17) is 9.84 Å². The van der Waals surface area contributed by atoms with E-state index in [2.05, 4.69) is 4.90 Å². The van der Waals surface area contributed by atoms with E-state index in [1.54, 1.807) is 13.0 Å². The van der Waals surface area contributed by atoms with Crippen LogP contribution in [0.25, 0.3) is 0 Å². The van der Waals surface area contributed by atoms with Crippen LogP contribution in [0.2, 0.25) is 0 Å². The highest BCUT2D eigenvalue weighted by molar-refractivity contribution is 5.89. The summed E-state index contributed by atoms with van der Waals surface area (Å²) < 4.78 is 5.59. The van der Waals surface area contributed by atoms with Crippen molar-refractivity contribution in [2.45, 2.75) is 26.1 Å². The molecular weight excluding hydrogens is 246 g/mol. The fraction of sp³-hybridized carbons (Fsp3) is 0.500. The van der Waals surface area contributed by atoms with Gasteiger partial charge in [0.2, 0.25) is 0 Å². The molecule has 1 aromatic rings. The maximum atomic E-state index is 11.0. The predicted molar refractivity (Wildman–Crippen MR) is 71.8 cm³/mol. The van der Waals surface area contributed by atoms with Gasteiger partial charge in [-0.15, -0.1) is 0 Å². The highest BCUT2D eigenvalue weighted by Crippen LogP contribution is 2.23. The molecule has 19 heavy (non-hydrogen) atoms. The minimum Gasteiger partial charge on any atom is -0.478 e. The average Bonchev–Trinajstić information content (AvgIpc) is 2.37. The highest BCUT2D eigenvalue weighted by Gasteiger charge is 2.25. The molecule has 2 unspecified atom stereocenters. The SMILES string of the molecule is Cc1cc(N2CC(C)OC(CO)C2)ccc1C(=O)O. The second-order valence-corrected chi connectivity index (χ2v) is 4.96. The van der Waals surface area contributed by atoms with Crippen LogP contribution in [-0.2, 0) is 4.74 Å². The number of morpholine rings is 1. The molecular formula is C14H19NO4. The zero-order valence-corrected chi connectivity index (χ0v) is 11.2. The lowest BCUT2D eigenvalue weighted by molar-refractivity contribution is -0.0421. The lowest BCUT2D eigenvalue weighted by atomic mass is 10.1. The summed E-state index contributed by atoms with van der Waals surface area (Å²) in [6.07, 6.45) is -0.145. The molecule has 0 aromatic heterocycles. The Morgan fingerprint density at radius 1 is 1.47 bits per heavy atom. The Labute approximate surface area is 112 Å². The van der Waals surface area contributed by atoms with Crippen LogP contribution in [-0.4, -0.2) is 48.1 Å². The lowest BCUT2D eigenvalue weighted by Gasteiger charge is -2.37. The number of carboxylic acids is 1. The van der Waals surface area contributed by atoms with E-state index < -0.39 is 5.97 Å². The first-order valence-corrected chi connectivity index (χ1v) is 6.36. The molecule has 1 fully saturated rings. The number of benzene rings is 1. The Morgan fingerprint density at radius 3 is 2.79 bits per heavy atom. The van der Waals surface area contributed by atoms with Gasteiger partial charge in [0.25, 0.3) is 0 Å². The van der Waals surface area contributed by atoms with Gasteiger partial charge in [0.1, 0.15) is 0 Å². The van der Waals surface area contributed by atoms with Gasteiger partial charge in [-0.25, -0.2) is 4.79 Å². The molecule has 5 nitrogen and oxygen atoms in total. The number of carbonyl (C=O) groups is 1. The maximum absolute atomic E-state index is 11.0. The summed E-state index contributed by atoms with van der Waals surface area (Å²) in [5, 5.41) is 18.2. The van der Waals surface area contributed by atoms with Gasteiger partial charge in [0.05, 0.1) is 24.4 Å². The van der Waals surface area contributed by atoms with Gasteiger partial charge in [-0.05, 0) is 37.6 Å². The molecule has 1 aliphatic rings. The van der Waals surface area contributed by atoms with Gasteiger partial charge < -0.3 is 19.8 Å². The van der Waals surface area contributed by atoms with Crippen LogP contribution >= 0.6 is 0 Å². The second-order valence-electron chi connectivity index (χ2n) is 4.96. The quantitative estimate of drug-likeness (QED) is 0.861. The minimum absolute atomic E-state index is 0.00691. The van der Waals surface area contributed by atoms with Crippen molar-refractivity contribution in [1.29, 1.82) is 0 Å². The molecule has 104 valence electrons. The van der Waals surface area contributed by atoms with E-state index in [-0.39, 0.29) is 18.8 Å². The van der Waals surface area contributed by atoms with Crippen LogP contribution in [0.15, 0.2) is 18.2 Å². The Bertz CT molecular complexity index is 475. The van der Waals surface area contributed by atoms with E-state index >= 15 is 0 Å². The van der Waals surface area contributed by atoms with Gasteiger partial charge >= 0.3 is 5.97 Å². The average molecular weight is 265 g/mol. The number of aryl methyl sites for hydroxylation is 1. The standard InChI is InChI=1S/C14H19NO4/c1-9-5-11(3-4-13(9)14(17)18)15-6-10(2)19-12(7-15)8-16/h3-5,10,12,16H,6-8H2,1-2H3,(H,17,18). The maximum Gasteiger partial charge on any atom is 0.335 e. The van der Waals surface area contributed by atoms with Gasteiger partial charge in [0, 0.05) is 18.8 Å². The monoisotopic (exact) mass is 265 g/mol. The van der Waals surface area contributed by atoms with Crippen molar-refractivity contribution in [3.05, 3.63) is 29.3 Å². The van der Waals surface area contributed by atoms with Crippen molar-refractivity contribution < 1.29 is 19.7 Å². The van der Waals surface area contributed by atoms with Crippen molar-refractivity contribution in [1.82, 2.24) is 0 Å². The van der Waals surface area contributed by atoms with Crippen LogP contribution in [0.3, 0.4) is 0 Å². The van der Waals surface area contributed by atoms with Gasteiger partial charge in [0.15, 0.2) is 0 Å². The van der Waals surface area contributed by atoms with Crippen LogP contribution in [0.1, 0.15) is 22.8 Å². The first-order valence-electron chi connectivity index (χ1n) is 6.36. The molecule has 1 heterocycles. The number of anilines is 1. The molecule has 1 aromatic carbocycles. The molecule has 0 radical (unpaired) electrons. The summed E-state index contributed by atoms with van der Waals surface area (Å²) in [6.45, 7) is 5.11. The van der Waals surface area contributed by atoms with Crippen molar-refractivity contribution >= 4 is 11.7 Å². The van der Waals surface area contributed by atoms with E-state index in [1.165, 1.54) is 0 Å². The van der Waals surface area contributed by atoms with Crippen LogP contribution in [0.5, 0.6) is 0 Å². The normalized spacial score (nSPS) is 23.4. The van der Waals surface area contributed by atoms with Gasteiger partial charge in [-0.3, -0.25) is 0 Å². The fourth-order valence-corrected chi connectivity index (χ4v) is 2.44. The zero-order valence-electron chi connectivity index (χ0n) is 11.2. The topological polar surface area (TPSA) is 70.0 Å². The fourth-order valence-electron chi connectivity index (χ4n) is 2.44. The number of rotatable bonds is 3. The third kappa shape index (κ3) is 3.05. The third-order valence-corrected chi connectivity index (χ3v) is 3.34. The number of aliphatic hydroxyl groups excluding tert-OH is 1. The van der Waals surface area contributed by atoms with E-state index in [0.717, 1.165) is 17.8 Å². The first-order chi connectivity index (χ1) is 9.01. The van der Waals surface area contributed by atoms with E-state index in [0.29, 0.717) is 12.1 Å². The summed E-state index contributed by atoms with van der Waals surface area (Å²) in [5.74, 6) is -0.910. The van der Waals surface area contributed by atoms with Crippen molar-refractivity contribution in [3.63, 3.8) is 0 Å². The summed E-state index contributed by atoms with van der Waals surface area (Å²) in [7, 11) is 0. The number of hydrogen-bond acceptors (Lipinski definition) is 4. The molecule has 2 N–H and O–H groups in total. The Hall–Kier alpha value is -1.59. The number of hydrogen-bond donors (Lipinski definition) is 2. The molecule has 0 aliphatic carbocycles. The molecule has 0 amide bonds. The summed E-state index contributed by atoms with van der Waals surface area (Å²) >= 11 is 0. The second kappa shape index (κ2) is 5.59. The molecule has 0 bridgehead atoms. The summed E-state index contributed by atoms with van der Waals surface area (Å²) in [6, 6.07) is 5.31.